The molecule has 0 radical (unpaired) electrons. The highest BCUT2D eigenvalue weighted by molar-refractivity contribution is 5.98. The Balaban J connectivity index is 2.56. The fourth-order valence-electron chi connectivity index (χ4n) is 1.74. The Bertz CT molecular complexity index is 300. The first-order valence-electron chi connectivity index (χ1n) is 5.94. The molecule has 1 atom stereocenters. The van der Waals surface area contributed by atoms with Gasteiger partial charge in [0.1, 0.15) is 10.5 Å². The van der Waals surface area contributed by atoms with Gasteiger partial charge in [0.15, 0.2) is 0 Å². The van der Waals surface area contributed by atoms with Gasteiger partial charge in [-0.3, -0.25) is 0 Å². The van der Waals surface area contributed by atoms with Crippen LogP contribution >= 0.6 is 0 Å². The molecule has 0 bridgehead atoms. The highest BCUT2D eigenvalue weighted by Crippen LogP contribution is 2.20. The van der Waals surface area contributed by atoms with Gasteiger partial charge in [0, 0.05) is 11.7 Å². The lowest BCUT2D eigenvalue weighted by molar-refractivity contribution is 0.106. The Kier molecular flexibility index (Phi) is 5.02. The van der Waals surface area contributed by atoms with Gasteiger partial charge in [-0.1, -0.05) is 25.1 Å². The van der Waals surface area contributed by atoms with Crippen LogP contribution in [0, 0.1) is 0 Å². The maximum absolute atomic E-state index is 5.61. The van der Waals surface area contributed by atoms with Crippen LogP contribution in [0.3, 0.4) is 0 Å². The van der Waals surface area contributed by atoms with Gasteiger partial charge >= 0.3 is 0 Å². The van der Waals surface area contributed by atoms with Crippen LogP contribution in [-0.4, -0.2) is 22.1 Å². The summed E-state index contributed by atoms with van der Waals surface area (Å²) in [5.41, 5.74) is 1.19. The monoisotopic (exact) mass is 237 g/mol. The zero-order valence-electron chi connectivity index (χ0n) is 10.8. The van der Waals surface area contributed by atoms with E-state index in [0.29, 0.717) is 6.04 Å². The average Bonchev–Trinajstić information content (AvgIpc) is 2.29. The molecule has 0 aliphatic carbocycles. The van der Waals surface area contributed by atoms with E-state index in [1.807, 2.05) is 6.07 Å². The Morgan fingerprint density at radius 2 is 1.94 bits per heavy atom. The third-order valence-electron chi connectivity index (χ3n) is 2.93. The van der Waals surface area contributed by atoms with Gasteiger partial charge in [0.2, 0.25) is 0 Å². The van der Waals surface area contributed by atoms with Crippen molar-refractivity contribution in [1.29, 1.82) is 0 Å². The van der Waals surface area contributed by atoms with Crippen molar-refractivity contribution in [2.75, 3.05) is 5.32 Å². The zero-order chi connectivity index (χ0) is 12.0. The number of para-hydroxylation sites is 1. The summed E-state index contributed by atoms with van der Waals surface area (Å²) in [6.45, 7) is 6.54. The van der Waals surface area contributed by atoms with Crippen molar-refractivity contribution >= 4 is 16.2 Å². The standard InChI is InChI=1S/C13H23NOSi/c1-4-11(10-13(2,3)15-16)14-12-8-6-5-7-9-12/h5-9,11,14H,4,10H2,1-3,16H3. The van der Waals surface area contributed by atoms with Crippen LogP contribution in [0.2, 0.25) is 0 Å². The third-order valence-corrected chi connectivity index (χ3v) is 4.03. The lowest BCUT2D eigenvalue weighted by Gasteiger charge is -2.29. The van der Waals surface area contributed by atoms with E-state index in [2.05, 4.69) is 50.4 Å². The molecular formula is C13H23NOSi. The van der Waals surface area contributed by atoms with Crippen LogP contribution in [0.4, 0.5) is 5.69 Å². The number of nitrogens with one attached hydrogen (secondary N) is 1. The average molecular weight is 237 g/mol. The minimum atomic E-state index is -0.00528. The van der Waals surface area contributed by atoms with Crippen LogP contribution in [0.1, 0.15) is 33.6 Å². The van der Waals surface area contributed by atoms with Gasteiger partial charge in [-0.05, 0) is 38.8 Å². The van der Waals surface area contributed by atoms with Crippen LogP contribution in [0.25, 0.3) is 0 Å². The minimum absolute atomic E-state index is 0.00528. The predicted molar refractivity (Wildman–Crippen MR) is 73.9 cm³/mol. The van der Waals surface area contributed by atoms with E-state index in [9.17, 15) is 0 Å². The molecule has 0 fully saturated rings. The molecule has 0 aliphatic heterocycles. The van der Waals surface area contributed by atoms with Crippen molar-refractivity contribution in [3.8, 4) is 0 Å². The van der Waals surface area contributed by atoms with Crippen LogP contribution in [0.15, 0.2) is 30.3 Å². The molecule has 0 spiro atoms. The van der Waals surface area contributed by atoms with Gasteiger partial charge < -0.3 is 9.74 Å². The van der Waals surface area contributed by atoms with Gasteiger partial charge in [0.05, 0.1) is 5.60 Å². The predicted octanol–water partition coefficient (Wildman–Crippen LogP) is 2.34. The van der Waals surface area contributed by atoms with E-state index in [0.717, 1.165) is 23.3 Å². The topological polar surface area (TPSA) is 21.3 Å². The molecule has 0 heterocycles. The van der Waals surface area contributed by atoms with E-state index in [4.69, 9.17) is 4.43 Å². The summed E-state index contributed by atoms with van der Waals surface area (Å²) in [6, 6.07) is 10.9. The van der Waals surface area contributed by atoms with Gasteiger partial charge in [-0.25, -0.2) is 0 Å². The summed E-state index contributed by atoms with van der Waals surface area (Å²) < 4.78 is 5.61. The summed E-state index contributed by atoms with van der Waals surface area (Å²) in [4.78, 5) is 0. The van der Waals surface area contributed by atoms with E-state index < -0.39 is 0 Å². The number of hydrogen-bond donors (Lipinski definition) is 1. The largest absolute Gasteiger partial charge is 0.423 e. The molecule has 1 aromatic carbocycles. The number of rotatable bonds is 6. The summed E-state index contributed by atoms with van der Waals surface area (Å²) in [7, 11) is 0.800. The second kappa shape index (κ2) is 6.06. The molecule has 0 aromatic heterocycles. The Morgan fingerprint density at radius 3 is 2.44 bits per heavy atom. The summed E-state index contributed by atoms with van der Waals surface area (Å²) in [5.74, 6) is 0. The molecule has 3 heteroatoms. The van der Waals surface area contributed by atoms with Gasteiger partial charge in [-0.15, -0.1) is 0 Å². The van der Waals surface area contributed by atoms with Crippen molar-refractivity contribution in [2.24, 2.45) is 0 Å². The van der Waals surface area contributed by atoms with Crippen LogP contribution in [0.5, 0.6) is 0 Å². The fraction of sp³-hybridized carbons (Fsp3) is 0.538. The smallest absolute Gasteiger partial charge is 0.146 e. The zero-order valence-corrected chi connectivity index (χ0v) is 12.8. The summed E-state index contributed by atoms with van der Waals surface area (Å²) in [5, 5.41) is 3.55. The first-order valence-corrected chi connectivity index (χ1v) is 6.76. The molecular weight excluding hydrogens is 214 g/mol. The second-order valence-electron chi connectivity index (χ2n) is 4.78. The summed E-state index contributed by atoms with van der Waals surface area (Å²) in [6.07, 6.45) is 2.16. The lowest BCUT2D eigenvalue weighted by Crippen LogP contribution is -2.33. The summed E-state index contributed by atoms with van der Waals surface area (Å²) >= 11 is 0. The maximum atomic E-state index is 5.61. The molecule has 16 heavy (non-hydrogen) atoms. The van der Waals surface area contributed by atoms with Crippen molar-refractivity contribution in [3.05, 3.63) is 30.3 Å². The van der Waals surface area contributed by atoms with E-state index >= 15 is 0 Å². The highest BCUT2D eigenvalue weighted by atomic mass is 28.2. The van der Waals surface area contributed by atoms with Crippen LogP contribution < -0.4 is 5.32 Å². The molecule has 0 amide bonds. The van der Waals surface area contributed by atoms with Crippen molar-refractivity contribution in [2.45, 2.75) is 45.3 Å². The SMILES string of the molecule is CCC(CC(C)(C)O[SiH3])Nc1ccccc1. The van der Waals surface area contributed by atoms with Crippen molar-refractivity contribution in [3.63, 3.8) is 0 Å². The molecule has 90 valence electrons. The van der Waals surface area contributed by atoms with Gasteiger partial charge in [-0.2, -0.15) is 0 Å². The Hall–Kier alpha value is -0.803. The Morgan fingerprint density at radius 1 is 1.31 bits per heavy atom. The molecule has 2 nitrogen and oxygen atoms in total. The first-order chi connectivity index (χ1) is 7.57. The molecule has 1 unspecified atom stereocenters. The molecule has 1 N–H and O–H groups in total. The third kappa shape index (κ3) is 4.37. The number of anilines is 1. The van der Waals surface area contributed by atoms with Gasteiger partial charge in [0.25, 0.3) is 0 Å². The van der Waals surface area contributed by atoms with Crippen molar-refractivity contribution in [1.82, 2.24) is 0 Å². The Labute approximate surface area is 102 Å². The second-order valence-corrected chi connectivity index (χ2v) is 5.19. The molecule has 1 aromatic rings. The molecule has 1 rings (SSSR count). The van der Waals surface area contributed by atoms with E-state index in [1.54, 1.807) is 0 Å². The van der Waals surface area contributed by atoms with E-state index in [1.165, 1.54) is 5.69 Å². The first kappa shape index (κ1) is 13.3. The maximum Gasteiger partial charge on any atom is 0.146 e. The van der Waals surface area contributed by atoms with E-state index in [-0.39, 0.29) is 5.60 Å². The quantitative estimate of drug-likeness (QED) is 0.767. The molecule has 0 saturated carbocycles. The molecule has 0 aliphatic rings. The lowest BCUT2D eigenvalue weighted by atomic mass is 9.97. The number of hydrogen-bond acceptors (Lipinski definition) is 2. The number of benzene rings is 1. The minimum Gasteiger partial charge on any atom is -0.423 e. The van der Waals surface area contributed by atoms with Crippen molar-refractivity contribution < 1.29 is 4.43 Å². The fourth-order valence-corrected chi connectivity index (χ4v) is 1.91. The molecule has 0 saturated heterocycles. The van der Waals surface area contributed by atoms with Crippen LogP contribution in [-0.2, 0) is 4.43 Å². The highest BCUT2D eigenvalue weighted by Gasteiger charge is 2.20. The normalized spacial score (nSPS) is 13.7.